The first-order valence-corrected chi connectivity index (χ1v) is 5.69. The van der Waals surface area contributed by atoms with Gasteiger partial charge < -0.3 is 5.11 Å². The van der Waals surface area contributed by atoms with Crippen molar-refractivity contribution < 1.29 is 23.1 Å². The molecule has 0 saturated carbocycles. The highest BCUT2D eigenvalue weighted by molar-refractivity contribution is 9.08. The van der Waals surface area contributed by atoms with Crippen molar-refractivity contribution in [2.45, 2.75) is 24.9 Å². The number of hydrogen-bond acceptors (Lipinski definition) is 3. The molecule has 0 aromatic carbocycles. The molecule has 1 rings (SSSR count). The molecule has 8 heteroatoms. The zero-order chi connectivity index (χ0) is 13.2. The van der Waals surface area contributed by atoms with Crippen LogP contribution >= 0.6 is 15.9 Å². The number of carbonyl (C=O) groups is 1. The molecule has 4 nitrogen and oxygen atoms in total. The van der Waals surface area contributed by atoms with E-state index in [2.05, 4.69) is 25.9 Å². The van der Waals surface area contributed by atoms with Crippen molar-refractivity contribution in [2.24, 2.45) is 0 Å². The van der Waals surface area contributed by atoms with Gasteiger partial charge in [0.05, 0.1) is 5.69 Å². The summed E-state index contributed by atoms with van der Waals surface area (Å²) in [6.45, 7) is 1.63. The van der Waals surface area contributed by atoms with Crippen molar-refractivity contribution >= 4 is 21.9 Å². The Labute approximate surface area is 103 Å². The first kappa shape index (κ1) is 13.9. The van der Waals surface area contributed by atoms with Crippen molar-refractivity contribution in [3.8, 4) is 0 Å². The van der Waals surface area contributed by atoms with E-state index >= 15 is 0 Å². The van der Waals surface area contributed by atoms with Gasteiger partial charge in [-0.15, -0.1) is 0 Å². The molecule has 0 aliphatic heterocycles. The Morgan fingerprint density at radius 3 is 2.35 bits per heavy atom. The molecular formula is C9H8BrF3N2O2. The van der Waals surface area contributed by atoms with E-state index in [1.165, 1.54) is 0 Å². The molecule has 0 aliphatic rings. The van der Waals surface area contributed by atoms with E-state index < -0.39 is 23.7 Å². The number of halogens is 4. The third-order valence-electron chi connectivity index (χ3n) is 2.03. The zero-order valence-corrected chi connectivity index (χ0v) is 10.3. The summed E-state index contributed by atoms with van der Waals surface area (Å²) in [7, 11) is 0. The Morgan fingerprint density at radius 2 is 2.00 bits per heavy atom. The van der Waals surface area contributed by atoms with Gasteiger partial charge in [-0.25, -0.2) is 14.8 Å². The number of alkyl halides is 4. The second-order valence-corrected chi connectivity index (χ2v) is 3.67. The highest BCUT2D eigenvalue weighted by Gasteiger charge is 2.36. The van der Waals surface area contributed by atoms with E-state index in [-0.39, 0.29) is 23.0 Å². The molecule has 0 saturated heterocycles. The molecule has 0 atom stereocenters. The van der Waals surface area contributed by atoms with E-state index in [1.54, 1.807) is 6.92 Å². The Bertz CT molecular complexity index is 449. The Hall–Kier alpha value is -1.18. The second kappa shape index (κ2) is 4.99. The van der Waals surface area contributed by atoms with Gasteiger partial charge in [0.2, 0.25) is 5.82 Å². The highest BCUT2D eigenvalue weighted by Crippen LogP contribution is 2.28. The monoisotopic (exact) mass is 312 g/mol. The molecule has 0 unspecified atom stereocenters. The van der Waals surface area contributed by atoms with Gasteiger partial charge in [-0.1, -0.05) is 22.9 Å². The van der Waals surface area contributed by atoms with Crippen LogP contribution in [0.4, 0.5) is 13.2 Å². The van der Waals surface area contributed by atoms with Crippen LogP contribution in [0.3, 0.4) is 0 Å². The van der Waals surface area contributed by atoms with E-state index in [9.17, 15) is 18.0 Å². The van der Waals surface area contributed by atoms with Crippen LogP contribution < -0.4 is 0 Å². The molecule has 0 spiro atoms. The average molecular weight is 313 g/mol. The van der Waals surface area contributed by atoms with Gasteiger partial charge in [0.25, 0.3) is 0 Å². The first-order chi connectivity index (χ1) is 7.81. The summed E-state index contributed by atoms with van der Waals surface area (Å²) in [6.07, 6.45) is -4.51. The van der Waals surface area contributed by atoms with Gasteiger partial charge in [0, 0.05) is 10.9 Å². The molecule has 1 heterocycles. The molecule has 0 bridgehead atoms. The Balaban J connectivity index is 3.51. The van der Waals surface area contributed by atoms with Gasteiger partial charge >= 0.3 is 12.1 Å². The van der Waals surface area contributed by atoms with E-state index in [0.29, 0.717) is 0 Å². The van der Waals surface area contributed by atoms with Crippen LogP contribution in [0.1, 0.15) is 34.5 Å². The smallest absolute Gasteiger partial charge is 0.451 e. The molecule has 0 aliphatic carbocycles. The van der Waals surface area contributed by atoms with Gasteiger partial charge in [-0.05, 0) is 6.42 Å². The van der Waals surface area contributed by atoms with Crippen LogP contribution in [0.15, 0.2) is 0 Å². The van der Waals surface area contributed by atoms with Crippen molar-refractivity contribution in [3.63, 3.8) is 0 Å². The minimum absolute atomic E-state index is 0.0437. The van der Waals surface area contributed by atoms with Crippen LogP contribution in [0.2, 0.25) is 0 Å². The number of aromatic carboxylic acids is 1. The fourth-order valence-corrected chi connectivity index (χ4v) is 1.78. The predicted molar refractivity (Wildman–Crippen MR) is 56.0 cm³/mol. The first-order valence-electron chi connectivity index (χ1n) is 4.57. The molecule has 0 radical (unpaired) electrons. The summed E-state index contributed by atoms with van der Waals surface area (Å²) < 4.78 is 37.4. The number of rotatable bonds is 3. The van der Waals surface area contributed by atoms with Gasteiger partial charge in [-0.3, -0.25) is 0 Å². The molecule has 17 heavy (non-hydrogen) atoms. The van der Waals surface area contributed by atoms with Crippen LogP contribution in [0.5, 0.6) is 0 Å². The Morgan fingerprint density at radius 1 is 1.41 bits per heavy atom. The Kier molecular flexibility index (Phi) is 4.07. The lowest BCUT2D eigenvalue weighted by molar-refractivity contribution is -0.145. The third-order valence-corrected chi connectivity index (χ3v) is 2.56. The van der Waals surface area contributed by atoms with E-state index in [4.69, 9.17) is 5.11 Å². The zero-order valence-electron chi connectivity index (χ0n) is 8.68. The molecular weight excluding hydrogens is 305 g/mol. The van der Waals surface area contributed by atoms with Crippen LogP contribution in [0, 0.1) is 0 Å². The number of carboxylic acids is 1. The lowest BCUT2D eigenvalue weighted by Crippen LogP contribution is -2.19. The summed E-state index contributed by atoms with van der Waals surface area (Å²) >= 11 is 2.98. The summed E-state index contributed by atoms with van der Waals surface area (Å²) in [4.78, 5) is 17.3. The highest BCUT2D eigenvalue weighted by atomic mass is 79.9. The number of nitrogens with zero attached hydrogens (tertiary/aromatic N) is 2. The van der Waals surface area contributed by atoms with Crippen molar-refractivity contribution in [1.29, 1.82) is 0 Å². The van der Waals surface area contributed by atoms with Crippen LogP contribution in [-0.2, 0) is 17.9 Å². The minimum Gasteiger partial charge on any atom is -0.477 e. The predicted octanol–water partition coefficient (Wildman–Crippen LogP) is 2.65. The lowest BCUT2D eigenvalue weighted by Gasteiger charge is -2.11. The van der Waals surface area contributed by atoms with E-state index in [1.807, 2.05) is 0 Å². The fourth-order valence-electron chi connectivity index (χ4n) is 1.32. The minimum atomic E-state index is -4.76. The molecule has 1 aromatic rings. The van der Waals surface area contributed by atoms with Gasteiger partial charge in [0.15, 0.2) is 5.69 Å². The largest absolute Gasteiger partial charge is 0.477 e. The fraction of sp³-hybridized carbons (Fsp3) is 0.444. The second-order valence-electron chi connectivity index (χ2n) is 3.11. The maximum absolute atomic E-state index is 12.5. The summed E-state index contributed by atoms with van der Waals surface area (Å²) in [5, 5.41) is 8.88. The standard InChI is InChI=1S/C9H8BrF3N2O2/c1-2-4-5(3-10)14-8(9(11,12)13)15-6(4)7(16)17/h2-3H2,1H3,(H,16,17). The van der Waals surface area contributed by atoms with Crippen molar-refractivity contribution in [2.75, 3.05) is 0 Å². The van der Waals surface area contributed by atoms with E-state index in [0.717, 1.165) is 0 Å². The molecule has 0 fully saturated rings. The number of aromatic nitrogens is 2. The van der Waals surface area contributed by atoms with Gasteiger partial charge in [0.1, 0.15) is 0 Å². The quantitative estimate of drug-likeness (QED) is 0.872. The number of hydrogen-bond donors (Lipinski definition) is 1. The summed E-state index contributed by atoms with van der Waals surface area (Å²) in [5.41, 5.74) is -0.334. The normalized spacial score (nSPS) is 11.6. The summed E-state index contributed by atoms with van der Waals surface area (Å²) in [6, 6.07) is 0. The summed E-state index contributed by atoms with van der Waals surface area (Å²) in [5.74, 6) is -2.92. The molecule has 1 aromatic heterocycles. The molecule has 1 N–H and O–H groups in total. The third kappa shape index (κ3) is 2.93. The number of carboxylic acid groups (broad SMARTS) is 1. The maximum atomic E-state index is 12.5. The maximum Gasteiger partial charge on any atom is 0.451 e. The van der Waals surface area contributed by atoms with Crippen molar-refractivity contribution in [3.05, 3.63) is 22.8 Å². The molecule has 94 valence electrons. The molecule has 0 amide bonds. The SMILES string of the molecule is CCc1c(CBr)nc(C(F)(F)F)nc1C(=O)O. The average Bonchev–Trinajstić information content (AvgIpc) is 2.25. The van der Waals surface area contributed by atoms with Crippen molar-refractivity contribution in [1.82, 2.24) is 9.97 Å². The van der Waals surface area contributed by atoms with Crippen LogP contribution in [-0.4, -0.2) is 21.0 Å². The topological polar surface area (TPSA) is 63.1 Å². The van der Waals surface area contributed by atoms with Crippen LogP contribution in [0.25, 0.3) is 0 Å². The van der Waals surface area contributed by atoms with Gasteiger partial charge in [-0.2, -0.15) is 13.2 Å². The lowest BCUT2D eigenvalue weighted by atomic mass is 10.1.